The summed E-state index contributed by atoms with van der Waals surface area (Å²) < 4.78 is 5.66. The summed E-state index contributed by atoms with van der Waals surface area (Å²) in [5.41, 5.74) is 1.20. The predicted molar refractivity (Wildman–Crippen MR) is 93.8 cm³/mol. The highest BCUT2D eigenvalue weighted by Crippen LogP contribution is 2.36. The molecule has 0 aromatic heterocycles. The minimum absolute atomic E-state index is 0.0774. The monoisotopic (exact) mass is 348 g/mol. The van der Waals surface area contributed by atoms with Crippen LogP contribution in [0.5, 0.6) is 5.75 Å². The highest BCUT2D eigenvalue weighted by Gasteiger charge is 2.31. The number of fused-ring (bicyclic) bond motifs is 1. The van der Waals surface area contributed by atoms with E-state index in [1.807, 2.05) is 0 Å². The molecule has 0 aliphatic carbocycles. The minimum atomic E-state index is -1.02. The second kappa shape index (κ2) is 8.00. The number of hydrogen-bond acceptors (Lipinski definition) is 4. The van der Waals surface area contributed by atoms with Gasteiger partial charge in [0, 0.05) is 24.7 Å². The summed E-state index contributed by atoms with van der Waals surface area (Å²) in [4.78, 5) is 36.4. The Kier molecular flexibility index (Phi) is 6.01. The average Bonchev–Trinajstić information content (AvgIpc) is 2.53. The lowest BCUT2D eigenvalue weighted by Crippen LogP contribution is -2.45. The summed E-state index contributed by atoms with van der Waals surface area (Å²) in [6.45, 7) is 6.52. The van der Waals surface area contributed by atoms with Gasteiger partial charge in [0.15, 0.2) is 6.10 Å². The third kappa shape index (κ3) is 4.95. The Balaban J connectivity index is 2.14. The van der Waals surface area contributed by atoms with Crippen LogP contribution in [0.2, 0.25) is 0 Å². The molecule has 1 unspecified atom stereocenters. The van der Waals surface area contributed by atoms with Gasteiger partial charge in [0.2, 0.25) is 5.91 Å². The molecule has 0 bridgehead atoms. The molecule has 2 N–H and O–H groups in total. The summed E-state index contributed by atoms with van der Waals surface area (Å²) in [6.07, 6.45) is -0.0200. The first-order valence-electron chi connectivity index (χ1n) is 8.41. The first kappa shape index (κ1) is 18.8. The fourth-order valence-corrected chi connectivity index (χ4v) is 2.55. The Bertz CT molecular complexity index is 671. The molecule has 0 saturated carbocycles. The van der Waals surface area contributed by atoms with Crippen molar-refractivity contribution in [2.75, 3.05) is 16.8 Å². The molecule has 2 rings (SSSR count). The van der Waals surface area contributed by atoms with Gasteiger partial charge in [-0.3, -0.25) is 14.4 Å². The summed E-state index contributed by atoms with van der Waals surface area (Å²) in [5.74, 6) is -0.462. The smallest absolute Gasteiger partial charge is 0.303 e. The van der Waals surface area contributed by atoms with Crippen LogP contribution in [0.15, 0.2) is 18.2 Å². The van der Waals surface area contributed by atoms with Crippen molar-refractivity contribution in [1.82, 2.24) is 0 Å². The van der Waals surface area contributed by atoms with E-state index in [0.29, 0.717) is 29.6 Å². The number of benzene rings is 1. The van der Waals surface area contributed by atoms with Crippen molar-refractivity contribution in [2.45, 2.75) is 46.1 Å². The van der Waals surface area contributed by atoms with Crippen LogP contribution < -0.4 is 15.0 Å². The van der Waals surface area contributed by atoms with Crippen molar-refractivity contribution in [3.8, 4) is 5.75 Å². The molecule has 7 heteroatoms. The van der Waals surface area contributed by atoms with Gasteiger partial charge >= 0.3 is 5.97 Å². The Hall–Kier alpha value is -2.57. The number of carbonyl (C=O) groups is 3. The highest BCUT2D eigenvalue weighted by molar-refractivity contribution is 6.00. The molecule has 1 aromatic rings. The molecule has 136 valence electrons. The maximum Gasteiger partial charge on any atom is 0.303 e. The minimum Gasteiger partial charge on any atom is -0.481 e. The lowest BCUT2D eigenvalue weighted by atomic mass is 10.1. The van der Waals surface area contributed by atoms with Gasteiger partial charge in [-0.25, -0.2) is 0 Å². The fraction of sp³-hybridized carbons (Fsp3) is 0.500. The number of carboxylic acid groups (broad SMARTS) is 1. The van der Waals surface area contributed by atoms with E-state index in [2.05, 4.69) is 19.2 Å². The molecular formula is C18H24N2O5. The third-order valence-corrected chi connectivity index (χ3v) is 3.95. The third-order valence-electron chi connectivity index (χ3n) is 3.95. The van der Waals surface area contributed by atoms with Crippen molar-refractivity contribution in [2.24, 2.45) is 5.92 Å². The first-order valence-corrected chi connectivity index (χ1v) is 8.41. The lowest BCUT2D eigenvalue weighted by molar-refractivity contribution is -0.138. The fourth-order valence-electron chi connectivity index (χ4n) is 2.55. The van der Waals surface area contributed by atoms with Crippen molar-refractivity contribution in [3.05, 3.63) is 18.2 Å². The number of nitrogens with zero attached hydrogens (tertiary/aromatic N) is 1. The van der Waals surface area contributed by atoms with Crippen LogP contribution in [0.25, 0.3) is 0 Å². The van der Waals surface area contributed by atoms with Gasteiger partial charge in [-0.15, -0.1) is 0 Å². The van der Waals surface area contributed by atoms with Crippen molar-refractivity contribution in [3.63, 3.8) is 0 Å². The maximum atomic E-state index is 12.4. The highest BCUT2D eigenvalue weighted by atomic mass is 16.5. The zero-order valence-corrected chi connectivity index (χ0v) is 14.7. The van der Waals surface area contributed by atoms with Crippen molar-refractivity contribution in [1.29, 1.82) is 0 Å². The standard InChI is InChI=1S/C18H24N2O5/c1-11(2)8-9-20-14-5-4-13(19-16(21)6-7-17(22)23)10-15(14)25-12(3)18(20)24/h4-5,10-12H,6-9H2,1-3H3,(H,19,21)(H,22,23). The number of rotatable bonds is 7. The van der Waals surface area contributed by atoms with Crippen molar-refractivity contribution >= 4 is 29.2 Å². The van der Waals surface area contributed by atoms with Crippen LogP contribution in [-0.2, 0) is 14.4 Å². The summed E-state index contributed by atoms with van der Waals surface area (Å²) in [5, 5.41) is 11.3. The molecule has 1 atom stereocenters. The van der Waals surface area contributed by atoms with E-state index in [1.165, 1.54) is 0 Å². The van der Waals surface area contributed by atoms with E-state index in [4.69, 9.17) is 9.84 Å². The lowest BCUT2D eigenvalue weighted by Gasteiger charge is -2.33. The van der Waals surface area contributed by atoms with Crippen LogP contribution >= 0.6 is 0 Å². The van der Waals surface area contributed by atoms with Gasteiger partial charge in [0.05, 0.1) is 12.1 Å². The molecule has 2 amide bonds. The van der Waals surface area contributed by atoms with Crippen LogP contribution in [0.3, 0.4) is 0 Å². The van der Waals surface area contributed by atoms with Gasteiger partial charge < -0.3 is 20.1 Å². The number of carbonyl (C=O) groups excluding carboxylic acids is 2. The Morgan fingerprint density at radius 2 is 2.04 bits per heavy atom. The number of hydrogen-bond donors (Lipinski definition) is 2. The number of carboxylic acids is 1. The molecular weight excluding hydrogens is 324 g/mol. The topological polar surface area (TPSA) is 95.9 Å². The normalized spacial score (nSPS) is 16.4. The van der Waals surface area contributed by atoms with Crippen LogP contribution in [0.1, 0.15) is 40.0 Å². The first-order chi connectivity index (χ1) is 11.8. The summed E-state index contributed by atoms with van der Waals surface area (Å²) in [7, 11) is 0. The zero-order chi connectivity index (χ0) is 18.6. The number of amides is 2. The summed E-state index contributed by atoms with van der Waals surface area (Å²) in [6, 6.07) is 5.10. The molecule has 1 heterocycles. The van der Waals surface area contributed by atoms with E-state index < -0.39 is 12.1 Å². The van der Waals surface area contributed by atoms with E-state index in [0.717, 1.165) is 6.42 Å². The number of aliphatic carboxylic acids is 1. The van der Waals surface area contributed by atoms with Gasteiger partial charge in [0.25, 0.3) is 5.91 Å². The largest absolute Gasteiger partial charge is 0.481 e. The van der Waals surface area contributed by atoms with E-state index in [9.17, 15) is 14.4 Å². The molecule has 0 spiro atoms. The number of anilines is 2. The van der Waals surface area contributed by atoms with Crippen LogP contribution in [-0.4, -0.2) is 35.5 Å². The molecule has 1 aliphatic heterocycles. The van der Waals surface area contributed by atoms with Crippen LogP contribution in [0.4, 0.5) is 11.4 Å². The van der Waals surface area contributed by atoms with Gasteiger partial charge in [0.1, 0.15) is 5.75 Å². The maximum absolute atomic E-state index is 12.4. The Morgan fingerprint density at radius 1 is 1.32 bits per heavy atom. The molecule has 0 fully saturated rings. The van der Waals surface area contributed by atoms with Gasteiger partial charge in [-0.05, 0) is 31.4 Å². The number of nitrogens with one attached hydrogen (secondary N) is 1. The molecule has 7 nitrogen and oxygen atoms in total. The Labute approximate surface area is 147 Å². The van der Waals surface area contributed by atoms with Crippen LogP contribution in [0, 0.1) is 5.92 Å². The quantitative estimate of drug-likeness (QED) is 0.790. The second-order valence-corrected chi connectivity index (χ2v) is 6.56. The van der Waals surface area contributed by atoms with E-state index in [1.54, 1.807) is 30.0 Å². The molecule has 1 aliphatic rings. The van der Waals surface area contributed by atoms with Crippen molar-refractivity contribution < 1.29 is 24.2 Å². The number of ether oxygens (including phenoxy) is 1. The average molecular weight is 348 g/mol. The molecule has 0 radical (unpaired) electrons. The zero-order valence-electron chi connectivity index (χ0n) is 14.7. The van der Waals surface area contributed by atoms with E-state index >= 15 is 0 Å². The molecule has 25 heavy (non-hydrogen) atoms. The second-order valence-electron chi connectivity index (χ2n) is 6.56. The Morgan fingerprint density at radius 3 is 2.68 bits per heavy atom. The van der Waals surface area contributed by atoms with Gasteiger partial charge in [-0.1, -0.05) is 13.8 Å². The SMILES string of the molecule is CC(C)CCN1C(=O)C(C)Oc2cc(NC(=O)CCC(=O)O)ccc21. The molecule has 0 saturated heterocycles. The van der Waals surface area contributed by atoms with E-state index in [-0.39, 0.29) is 24.7 Å². The molecule has 1 aromatic carbocycles. The van der Waals surface area contributed by atoms with Gasteiger partial charge in [-0.2, -0.15) is 0 Å². The predicted octanol–water partition coefficient (Wildman–Crippen LogP) is 2.65. The summed E-state index contributed by atoms with van der Waals surface area (Å²) >= 11 is 0.